The fourth-order valence-electron chi connectivity index (χ4n) is 2.90. The molecule has 0 atom stereocenters. The third kappa shape index (κ3) is 5.82. The van der Waals surface area contributed by atoms with Gasteiger partial charge in [0.05, 0.1) is 5.69 Å². The van der Waals surface area contributed by atoms with Gasteiger partial charge in [-0.1, -0.05) is 17.3 Å². The molecule has 0 saturated carbocycles. The number of phenols is 1. The zero-order valence-corrected chi connectivity index (χ0v) is 18.6. The summed E-state index contributed by atoms with van der Waals surface area (Å²) in [6, 6.07) is 8.51. The summed E-state index contributed by atoms with van der Waals surface area (Å²) in [4.78, 5) is 6.31. The summed E-state index contributed by atoms with van der Waals surface area (Å²) < 4.78 is 31.2. The molecule has 1 fully saturated rings. The van der Waals surface area contributed by atoms with Gasteiger partial charge in [0.15, 0.2) is 5.96 Å². The number of benzene rings is 1. The van der Waals surface area contributed by atoms with Gasteiger partial charge >= 0.3 is 0 Å². The van der Waals surface area contributed by atoms with E-state index in [2.05, 4.69) is 15.5 Å². The lowest BCUT2D eigenvalue weighted by Gasteiger charge is -2.35. The van der Waals surface area contributed by atoms with E-state index in [1.165, 1.54) is 10.6 Å². The third-order valence-corrected chi connectivity index (χ3v) is 6.16. The van der Waals surface area contributed by atoms with Crippen LogP contribution in [0.3, 0.4) is 0 Å². The van der Waals surface area contributed by atoms with E-state index in [9.17, 15) is 13.5 Å². The second kappa shape index (κ2) is 10.1. The largest absolute Gasteiger partial charge is 0.508 e. The first kappa shape index (κ1) is 22.4. The maximum Gasteiger partial charge on any atom is 0.220 e. The third-order valence-electron chi connectivity index (χ3n) is 4.35. The highest BCUT2D eigenvalue weighted by Crippen LogP contribution is 2.13. The van der Waals surface area contributed by atoms with Gasteiger partial charge in [0.25, 0.3) is 0 Å². The number of nitrogens with zero attached hydrogens (tertiary/aromatic N) is 4. The monoisotopic (exact) mass is 521 g/mol. The summed E-state index contributed by atoms with van der Waals surface area (Å²) in [6.07, 6.45) is 1.37. The molecule has 0 amide bonds. The summed E-state index contributed by atoms with van der Waals surface area (Å²) in [5.41, 5.74) is 1.42. The molecule has 2 aromatic rings. The van der Waals surface area contributed by atoms with Crippen molar-refractivity contribution in [2.24, 2.45) is 4.99 Å². The van der Waals surface area contributed by atoms with Gasteiger partial charge in [0.1, 0.15) is 17.8 Å². The van der Waals surface area contributed by atoms with Crippen LogP contribution in [0.15, 0.2) is 46.1 Å². The van der Waals surface area contributed by atoms with Crippen LogP contribution in [-0.2, 0) is 22.3 Å². The molecule has 9 nitrogen and oxygen atoms in total. The van der Waals surface area contributed by atoms with Crippen molar-refractivity contribution in [1.29, 1.82) is 0 Å². The molecule has 1 aromatic carbocycles. The van der Waals surface area contributed by atoms with Crippen molar-refractivity contribution in [3.63, 3.8) is 0 Å². The van der Waals surface area contributed by atoms with E-state index < -0.39 is 10.0 Å². The number of hydrogen-bond donors (Lipinski definition) is 2. The van der Waals surface area contributed by atoms with Crippen LogP contribution in [0.2, 0.25) is 0 Å². The van der Waals surface area contributed by atoms with E-state index in [0.29, 0.717) is 38.4 Å². The molecule has 0 unspecified atom stereocenters. The quantitative estimate of drug-likeness (QED) is 0.346. The van der Waals surface area contributed by atoms with E-state index in [-0.39, 0.29) is 35.5 Å². The van der Waals surface area contributed by atoms with Gasteiger partial charge < -0.3 is 19.8 Å². The van der Waals surface area contributed by atoms with Crippen LogP contribution in [0, 0.1) is 0 Å². The number of rotatable bonds is 5. The molecular weight excluding hydrogens is 497 g/mol. The Morgan fingerprint density at radius 3 is 2.46 bits per heavy atom. The lowest BCUT2D eigenvalue weighted by Crippen LogP contribution is -2.53. The van der Waals surface area contributed by atoms with Crippen molar-refractivity contribution < 1.29 is 18.0 Å². The molecule has 0 spiro atoms. The second-order valence-electron chi connectivity index (χ2n) is 6.20. The molecule has 1 aliphatic rings. The molecule has 3 rings (SSSR count). The number of aliphatic imine (C=N–C) groups is 1. The predicted octanol–water partition coefficient (Wildman–Crippen LogP) is 1.22. The van der Waals surface area contributed by atoms with Gasteiger partial charge in [-0.15, -0.1) is 24.0 Å². The molecule has 2 N–H and O–H groups in total. The molecule has 1 aromatic heterocycles. The summed E-state index contributed by atoms with van der Waals surface area (Å²) in [7, 11) is -1.72. The molecule has 1 saturated heterocycles. The summed E-state index contributed by atoms with van der Waals surface area (Å²) in [5, 5.41) is 16.3. The number of aromatic hydroxyl groups is 1. The molecule has 28 heavy (non-hydrogen) atoms. The van der Waals surface area contributed by atoms with E-state index in [1.807, 2.05) is 17.0 Å². The topological polar surface area (TPSA) is 111 Å². The number of halogens is 1. The van der Waals surface area contributed by atoms with Gasteiger partial charge in [-0.2, -0.15) is 4.31 Å². The lowest BCUT2D eigenvalue weighted by molar-refractivity contribution is 0.259. The minimum atomic E-state index is -3.42. The number of nitrogens with one attached hydrogen (secondary N) is 1. The molecule has 1 aliphatic heterocycles. The zero-order valence-electron chi connectivity index (χ0n) is 15.5. The predicted molar refractivity (Wildman–Crippen MR) is 116 cm³/mol. The zero-order chi connectivity index (χ0) is 19.3. The smallest absolute Gasteiger partial charge is 0.220 e. The van der Waals surface area contributed by atoms with Gasteiger partial charge in [-0.25, -0.2) is 8.42 Å². The Balaban J connectivity index is 0.00000280. The Labute approximate surface area is 181 Å². The second-order valence-corrected chi connectivity index (χ2v) is 8.17. The fraction of sp³-hybridized carbons (Fsp3) is 0.412. The summed E-state index contributed by atoms with van der Waals surface area (Å²) in [6.45, 7) is 2.44. The van der Waals surface area contributed by atoms with Crippen LogP contribution >= 0.6 is 24.0 Å². The Morgan fingerprint density at radius 1 is 1.21 bits per heavy atom. The fourth-order valence-corrected chi connectivity index (χ4v) is 4.32. The number of sulfonamides is 1. The van der Waals surface area contributed by atoms with Crippen molar-refractivity contribution in [2.75, 3.05) is 33.2 Å². The van der Waals surface area contributed by atoms with Crippen LogP contribution < -0.4 is 5.32 Å². The van der Waals surface area contributed by atoms with E-state index in [4.69, 9.17) is 4.52 Å². The highest BCUT2D eigenvalue weighted by Gasteiger charge is 2.28. The van der Waals surface area contributed by atoms with Crippen molar-refractivity contribution in [3.05, 3.63) is 47.9 Å². The number of piperazine rings is 1. The van der Waals surface area contributed by atoms with E-state index >= 15 is 0 Å². The van der Waals surface area contributed by atoms with Crippen LogP contribution in [-0.4, -0.2) is 67.1 Å². The van der Waals surface area contributed by atoms with Gasteiger partial charge in [-0.05, 0) is 17.7 Å². The average Bonchev–Trinajstić information content (AvgIpc) is 3.16. The van der Waals surface area contributed by atoms with Crippen LogP contribution in [0.25, 0.3) is 0 Å². The van der Waals surface area contributed by atoms with Crippen LogP contribution in [0.1, 0.15) is 11.3 Å². The summed E-state index contributed by atoms with van der Waals surface area (Å²) in [5.74, 6) is 0.792. The minimum absolute atomic E-state index is 0. The Morgan fingerprint density at radius 2 is 1.89 bits per heavy atom. The van der Waals surface area contributed by atoms with Gasteiger partial charge in [0.2, 0.25) is 10.0 Å². The highest BCUT2D eigenvalue weighted by molar-refractivity contribution is 14.0. The highest BCUT2D eigenvalue weighted by atomic mass is 127. The molecule has 0 radical (unpaired) electrons. The van der Waals surface area contributed by atoms with Crippen molar-refractivity contribution >= 4 is 40.0 Å². The average molecular weight is 521 g/mol. The SMILES string of the molecule is CN=C(NCc1ccc(O)cc1)N1CCN(S(=O)(=O)Cc2ccon2)CC1.I. The standard InChI is InChI=1S/C17H23N5O4S.HI/c1-18-17(19-12-14-2-4-16(23)5-3-14)21-7-9-22(10-8-21)27(24,25)13-15-6-11-26-20-15;/h2-6,11,23H,7-10,12-13H2,1H3,(H,18,19);1H. The number of phenolic OH excluding ortho intramolecular Hbond substituents is 1. The van der Waals surface area contributed by atoms with Crippen LogP contribution in [0.4, 0.5) is 0 Å². The summed E-state index contributed by atoms with van der Waals surface area (Å²) >= 11 is 0. The Kier molecular flexibility index (Phi) is 8.07. The number of guanidine groups is 1. The molecule has 11 heteroatoms. The molecule has 0 aliphatic carbocycles. The maximum atomic E-state index is 12.5. The minimum Gasteiger partial charge on any atom is -0.508 e. The first-order valence-corrected chi connectivity index (χ1v) is 10.2. The molecule has 0 bridgehead atoms. The normalized spacial score (nSPS) is 15.9. The van der Waals surface area contributed by atoms with Gasteiger partial charge in [0, 0.05) is 45.8 Å². The Hall–Kier alpha value is -1.86. The molecule has 2 heterocycles. The van der Waals surface area contributed by atoms with Crippen LogP contribution in [0.5, 0.6) is 5.75 Å². The van der Waals surface area contributed by atoms with E-state index in [1.54, 1.807) is 25.2 Å². The molecule has 154 valence electrons. The maximum absolute atomic E-state index is 12.5. The van der Waals surface area contributed by atoms with Crippen molar-refractivity contribution in [3.8, 4) is 5.75 Å². The lowest BCUT2D eigenvalue weighted by atomic mass is 10.2. The number of hydrogen-bond acceptors (Lipinski definition) is 6. The molecular formula is C17H24IN5O4S. The van der Waals surface area contributed by atoms with Crippen molar-refractivity contribution in [1.82, 2.24) is 19.7 Å². The van der Waals surface area contributed by atoms with E-state index in [0.717, 1.165) is 11.5 Å². The number of aromatic nitrogens is 1. The Bertz CT molecular complexity index is 863. The van der Waals surface area contributed by atoms with Gasteiger partial charge in [-0.3, -0.25) is 4.99 Å². The first-order chi connectivity index (χ1) is 13.0. The van der Waals surface area contributed by atoms with Crippen molar-refractivity contribution in [2.45, 2.75) is 12.3 Å². The first-order valence-electron chi connectivity index (χ1n) is 8.58.